The van der Waals surface area contributed by atoms with E-state index >= 15 is 0 Å². The number of anilines is 2. The van der Waals surface area contributed by atoms with Gasteiger partial charge in [0.15, 0.2) is 5.69 Å². The number of carbonyl (C=O) groups excluding carboxylic acids is 1. The lowest BCUT2D eigenvalue weighted by Crippen LogP contribution is -2.44. The predicted molar refractivity (Wildman–Crippen MR) is 234 cm³/mol. The molecule has 0 N–H and O–H groups in total. The highest BCUT2D eigenvalue weighted by Gasteiger charge is 2.50. The summed E-state index contributed by atoms with van der Waals surface area (Å²) >= 11 is 0. The van der Waals surface area contributed by atoms with Crippen LogP contribution >= 0.6 is 0 Å². The molecule has 0 bridgehead atoms. The Morgan fingerprint density at radius 3 is 2.48 bits per heavy atom. The van der Waals surface area contributed by atoms with Crippen molar-refractivity contribution >= 4 is 17.4 Å². The first-order valence-corrected chi connectivity index (χ1v) is 22.2. The van der Waals surface area contributed by atoms with Crippen LogP contribution in [0.25, 0.3) is 0 Å². The third-order valence-corrected chi connectivity index (χ3v) is 13.8. The van der Waals surface area contributed by atoms with Crippen molar-refractivity contribution in [1.82, 2.24) is 29.5 Å². The second kappa shape index (κ2) is 16.5. The molecule has 13 heteroatoms. The van der Waals surface area contributed by atoms with Gasteiger partial charge in [-0.3, -0.25) is 14.4 Å². The Morgan fingerprint density at radius 2 is 1.74 bits per heavy atom. The van der Waals surface area contributed by atoms with E-state index in [1.165, 1.54) is 0 Å². The molecule has 62 heavy (non-hydrogen) atoms. The topological polar surface area (TPSA) is 116 Å². The quantitative estimate of drug-likeness (QED) is 0.144. The molecule has 3 atom stereocenters. The van der Waals surface area contributed by atoms with Crippen LogP contribution in [0.5, 0.6) is 6.01 Å². The number of hydrogen-bond acceptors (Lipinski definition) is 10. The monoisotopic (exact) mass is 835 g/mol. The van der Waals surface area contributed by atoms with Crippen molar-refractivity contribution in [2.24, 2.45) is 0 Å². The molecule has 12 nitrogen and oxygen atoms in total. The van der Waals surface area contributed by atoms with Gasteiger partial charge >= 0.3 is 6.01 Å². The molecule has 2 saturated heterocycles. The SMILES string of the molecule is CN(C)C(=O)c1cc2n(n1)CCCN(c1nc(OC[C@@]34CCCN3C[C@H](F)C4)nc3c1COC1(CCCc4ccc(N(Cc5ccccc5)Cc5ccccc5)c(C#N)c41)C3)C2. The molecule has 3 aromatic carbocycles. The van der Waals surface area contributed by atoms with Gasteiger partial charge in [0, 0.05) is 70.8 Å². The van der Waals surface area contributed by atoms with Crippen molar-refractivity contribution < 1.29 is 18.7 Å². The molecule has 2 aromatic heterocycles. The average Bonchev–Trinajstić information content (AvgIpc) is 3.92. The molecule has 0 saturated carbocycles. The Labute approximate surface area is 362 Å². The molecule has 5 aliphatic rings. The van der Waals surface area contributed by atoms with Crippen LogP contribution in [0.4, 0.5) is 15.9 Å². The molecule has 6 heterocycles. The van der Waals surface area contributed by atoms with Crippen molar-refractivity contribution in [3.8, 4) is 12.1 Å². The van der Waals surface area contributed by atoms with E-state index in [0.717, 1.165) is 95.8 Å². The Kier molecular flexibility index (Phi) is 10.7. The number of benzene rings is 3. The number of halogens is 1. The summed E-state index contributed by atoms with van der Waals surface area (Å²) in [6.07, 6.45) is 5.24. The number of aromatic nitrogens is 4. The fraction of sp³-hybridized carbons (Fsp3) is 0.449. The molecule has 2 fully saturated rings. The maximum Gasteiger partial charge on any atom is 0.318 e. The van der Waals surface area contributed by atoms with Crippen LogP contribution in [-0.2, 0) is 56.0 Å². The molecule has 0 radical (unpaired) electrons. The van der Waals surface area contributed by atoms with Gasteiger partial charge < -0.3 is 24.2 Å². The van der Waals surface area contributed by atoms with Gasteiger partial charge in [-0.2, -0.15) is 20.3 Å². The second-order valence-electron chi connectivity index (χ2n) is 18.1. The van der Waals surface area contributed by atoms with Crippen LogP contribution in [0.15, 0.2) is 78.9 Å². The van der Waals surface area contributed by atoms with Crippen molar-refractivity contribution in [2.75, 3.05) is 50.1 Å². The largest absolute Gasteiger partial charge is 0.461 e. The lowest BCUT2D eigenvalue weighted by molar-refractivity contribution is -0.0857. The minimum Gasteiger partial charge on any atom is -0.461 e. The summed E-state index contributed by atoms with van der Waals surface area (Å²) in [6, 6.07) is 30.0. The van der Waals surface area contributed by atoms with Gasteiger partial charge in [0.1, 0.15) is 30.3 Å². The van der Waals surface area contributed by atoms with Crippen LogP contribution in [-0.4, -0.2) is 87.5 Å². The van der Waals surface area contributed by atoms with E-state index in [1.807, 2.05) is 22.9 Å². The highest BCUT2D eigenvalue weighted by atomic mass is 19.1. The highest BCUT2D eigenvalue weighted by Crippen LogP contribution is 2.49. The highest BCUT2D eigenvalue weighted by molar-refractivity contribution is 5.92. The van der Waals surface area contributed by atoms with Crippen LogP contribution in [0, 0.1) is 11.3 Å². The average molecular weight is 836 g/mol. The van der Waals surface area contributed by atoms with E-state index in [0.29, 0.717) is 70.0 Å². The van der Waals surface area contributed by atoms with Crippen molar-refractivity contribution in [2.45, 2.75) is 101 Å². The number of ether oxygens (including phenoxy) is 2. The Morgan fingerprint density at radius 1 is 0.968 bits per heavy atom. The van der Waals surface area contributed by atoms with Crippen molar-refractivity contribution in [1.29, 1.82) is 5.26 Å². The number of rotatable bonds is 10. The van der Waals surface area contributed by atoms with Gasteiger partial charge in [-0.1, -0.05) is 66.7 Å². The standard InChI is InChI=1S/C49H54FN9O3/c1-55(2)46(60)41-24-38-31-56(21-11-23-59(38)54-41)45-40-32-62-49(26-42(40)52-47(53-45)61-33-48-19-10-22-58(48)30-37(50)25-48)20-9-16-36-17-18-43(39(27-51)44(36)49)57(28-34-12-5-3-6-13-34)29-35-14-7-4-8-15-35/h3-8,12-15,17-18,24,37H,9-11,16,19-23,25-26,28-33H2,1-2H3/t37-,48+,49?/m1/s1. The van der Waals surface area contributed by atoms with Gasteiger partial charge in [-0.05, 0) is 73.9 Å². The first-order valence-electron chi connectivity index (χ1n) is 22.2. The fourth-order valence-electron chi connectivity index (χ4n) is 10.9. The molecule has 4 aliphatic heterocycles. The minimum absolute atomic E-state index is 0.135. The van der Waals surface area contributed by atoms with E-state index in [-0.39, 0.29) is 24.1 Å². The van der Waals surface area contributed by atoms with Crippen LogP contribution in [0.2, 0.25) is 0 Å². The van der Waals surface area contributed by atoms with Gasteiger partial charge in [-0.25, -0.2) is 4.39 Å². The van der Waals surface area contributed by atoms with Gasteiger partial charge in [-0.15, -0.1) is 0 Å². The summed E-state index contributed by atoms with van der Waals surface area (Å²) in [5.74, 6) is 0.609. The number of nitriles is 1. The molecular weight excluding hydrogens is 782 g/mol. The third kappa shape index (κ3) is 7.47. The minimum atomic E-state index is -0.871. The Bertz CT molecular complexity index is 2470. The maximum atomic E-state index is 14.9. The maximum absolute atomic E-state index is 14.9. The lowest BCUT2D eigenvalue weighted by Gasteiger charge is -2.44. The van der Waals surface area contributed by atoms with E-state index in [2.05, 4.69) is 86.5 Å². The second-order valence-corrected chi connectivity index (χ2v) is 18.1. The molecule has 1 aliphatic carbocycles. The third-order valence-electron chi connectivity index (χ3n) is 13.8. The molecule has 320 valence electrons. The number of alkyl halides is 1. The smallest absolute Gasteiger partial charge is 0.318 e. The zero-order chi connectivity index (χ0) is 42.4. The summed E-state index contributed by atoms with van der Waals surface area (Å²) < 4.78 is 30.6. The van der Waals surface area contributed by atoms with Gasteiger partial charge in [0.2, 0.25) is 0 Å². The number of aryl methyl sites for hydroxylation is 2. The van der Waals surface area contributed by atoms with Crippen LogP contribution < -0.4 is 14.5 Å². The number of nitrogens with zero attached hydrogens (tertiary/aromatic N) is 9. The molecule has 10 rings (SSSR count). The number of fused-ring (bicyclic) bond motifs is 5. The molecule has 5 aromatic rings. The van der Waals surface area contributed by atoms with Gasteiger partial charge in [0.05, 0.1) is 41.3 Å². The van der Waals surface area contributed by atoms with Crippen molar-refractivity contribution in [3.05, 3.63) is 129 Å². The number of carbonyl (C=O) groups is 1. The lowest BCUT2D eigenvalue weighted by atomic mass is 9.72. The fourth-order valence-corrected chi connectivity index (χ4v) is 10.9. The van der Waals surface area contributed by atoms with E-state index < -0.39 is 11.8 Å². The zero-order valence-electron chi connectivity index (χ0n) is 35.7. The summed E-state index contributed by atoms with van der Waals surface area (Å²) in [5.41, 5.74) is 7.91. The summed E-state index contributed by atoms with van der Waals surface area (Å²) in [7, 11) is 3.47. The first kappa shape index (κ1) is 40.2. The molecule has 1 spiro atoms. The van der Waals surface area contributed by atoms with Crippen LogP contribution in [0.1, 0.15) is 93.8 Å². The van der Waals surface area contributed by atoms with Gasteiger partial charge in [0.25, 0.3) is 5.91 Å². The number of hydrogen-bond donors (Lipinski definition) is 0. The Balaban J connectivity index is 1.04. The van der Waals surface area contributed by atoms with E-state index in [1.54, 1.807) is 19.0 Å². The van der Waals surface area contributed by atoms with Crippen molar-refractivity contribution in [3.63, 3.8) is 0 Å². The normalized spacial score (nSPS) is 22.9. The molecular formula is C49H54FN9O3. The predicted octanol–water partition coefficient (Wildman–Crippen LogP) is 7.12. The van der Waals surface area contributed by atoms with E-state index in [4.69, 9.17) is 19.4 Å². The summed E-state index contributed by atoms with van der Waals surface area (Å²) in [5, 5.41) is 15.9. The van der Waals surface area contributed by atoms with E-state index in [9.17, 15) is 14.4 Å². The summed E-state index contributed by atoms with van der Waals surface area (Å²) in [4.78, 5) is 31.7. The zero-order valence-corrected chi connectivity index (χ0v) is 35.7. The first-order chi connectivity index (χ1) is 30.2. The molecule has 1 unspecified atom stereocenters. The molecule has 1 amide bonds. The number of amides is 1. The van der Waals surface area contributed by atoms with Crippen LogP contribution in [0.3, 0.4) is 0 Å². The summed E-state index contributed by atoms with van der Waals surface area (Å²) in [6.45, 7) is 5.04. The Hall–Kier alpha value is -5.84.